The quantitative estimate of drug-likeness (QED) is 0.387. The topological polar surface area (TPSA) is 107 Å². The third-order valence-electron chi connectivity index (χ3n) is 5.97. The van der Waals surface area contributed by atoms with E-state index >= 15 is 0 Å². The van der Waals surface area contributed by atoms with E-state index < -0.39 is 18.0 Å². The molecule has 0 unspecified atom stereocenters. The molecule has 3 aliphatic rings. The molecule has 0 aromatic carbocycles. The number of aliphatic hydroxyl groups excluding tert-OH is 1. The molecule has 1 aromatic heterocycles. The van der Waals surface area contributed by atoms with Crippen LogP contribution >= 0.6 is 0 Å². The van der Waals surface area contributed by atoms with Crippen molar-refractivity contribution in [3.63, 3.8) is 0 Å². The SMILES string of the molecule is C=CCOC(=O)C1=C2[C@@H](CCCn3cncn3)CCO[C@@H]2[C@@H]2[C@@H]([C@@H](C)O)C(=O)N12. The Kier molecular flexibility index (Phi) is 5.51. The smallest absolute Gasteiger partial charge is 0.355 e. The summed E-state index contributed by atoms with van der Waals surface area (Å²) in [6, 6.07) is -0.345. The average molecular weight is 402 g/mol. The lowest BCUT2D eigenvalue weighted by Crippen LogP contribution is -2.65. The molecular weight excluding hydrogens is 376 g/mol. The predicted molar refractivity (Wildman–Crippen MR) is 101 cm³/mol. The number of carbonyl (C=O) groups is 2. The molecule has 3 aliphatic heterocycles. The Morgan fingerprint density at radius 3 is 3.07 bits per heavy atom. The zero-order valence-corrected chi connectivity index (χ0v) is 16.4. The second kappa shape index (κ2) is 8.08. The highest BCUT2D eigenvalue weighted by Gasteiger charge is 2.63. The second-order valence-electron chi connectivity index (χ2n) is 7.73. The maximum atomic E-state index is 12.8. The highest BCUT2D eigenvalue weighted by atomic mass is 16.5. The second-order valence-corrected chi connectivity index (χ2v) is 7.73. The molecule has 1 N–H and O–H groups in total. The molecule has 1 amide bonds. The number of hydrogen-bond acceptors (Lipinski definition) is 7. The van der Waals surface area contributed by atoms with E-state index in [1.807, 2.05) is 0 Å². The van der Waals surface area contributed by atoms with Gasteiger partial charge in [0, 0.05) is 13.2 Å². The molecule has 5 atom stereocenters. The largest absolute Gasteiger partial charge is 0.457 e. The summed E-state index contributed by atoms with van der Waals surface area (Å²) >= 11 is 0. The van der Waals surface area contributed by atoms with Crippen LogP contribution in [0.3, 0.4) is 0 Å². The standard InChI is InChI=1S/C20H26N4O5/c1-3-8-29-20(27)17-15-13(5-4-7-23-11-21-10-22-23)6-9-28-18(15)16-14(12(2)25)19(26)24(16)17/h3,10-14,16,18,25H,1,4-9H2,2H3/t12-,13+,14-,16+,18+/m1/s1. The highest BCUT2D eigenvalue weighted by Crippen LogP contribution is 2.50. The van der Waals surface area contributed by atoms with Crippen molar-refractivity contribution in [3.05, 3.63) is 36.6 Å². The van der Waals surface area contributed by atoms with Gasteiger partial charge in [0.15, 0.2) is 0 Å². The van der Waals surface area contributed by atoms with E-state index in [4.69, 9.17) is 9.47 Å². The van der Waals surface area contributed by atoms with Crippen LogP contribution < -0.4 is 0 Å². The van der Waals surface area contributed by atoms with Crippen molar-refractivity contribution in [1.29, 1.82) is 0 Å². The molecule has 1 aromatic rings. The number of nitrogens with zero attached hydrogens (tertiary/aromatic N) is 4. The van der Waals surface area contributed by atoms with Crippen LogP contribution in [0.15, 0.2) is 36.6 Å². The maximum absolute atomic E-state index is 12.8. The van der Waals surface area contributed by atoms with E-state index in [0.29, 0.717) is 12.3 Å². The van der Waals surface area contributed by atoms with Crippen LogP contribution in [0.2, 0.25) is 0 Å². The van der Waals surface area contributed by atoms with Crippen LogP contribution in [0.5, 0.6) is 0 Å². The molecule has 9 heteroatoms. The average Bonchev–Trinajstić information content (AvgIpc) is 3.30. The molecule has 0 saturated carbocycles. The van der Waals surface area contributed by atoms with Crippen molar-refractivity contribution >= 4 is 11.9 Å². The molecule has 4 rings (SSSR count). The number of ether oxygens (including phenoxy) is 2. The highest BCUT2D eigenvalue weighted by molar-refractivity contribution is 6.01. The van der Waals surface area contributed by atoms with Gasteiger partial charge in [0.25, 0.3) is 0 Å². The van der Waals surface area contributed by atoms with Gasteiger partial charge in [-0.05, 0) is 37.7 Å². The number of aromatic nitrogens is 3. The normalized spacial score (nSPS) is 29.2. The number of carbonyl (C=O) groups excluding carboxylic acids is 2. The minimum atomic E-state index is -0.801. The maximum Gasteiger partial charge on any atom is 0.355 e. The lowest BCUT2D eigenvalue weighted by molar-refractivity contribution is -0.169. The van der Waals surface area contributed by atoms with Crippen molar-refractivity contribution in [2.45, 2.75) is 51.0 Å². The summed E-state index contributed by atoms with van der Waals surface area (Å²) in [5, 5.41) is 14.2. The van der Waals surface area contributed by atoms with E-state index in [1.165, 1.54) is 17.3 Å². The fourth-order valence-electron chi connectivity index (χ4n) is 4.74. The number of aliphatic hydroxyl groups is 1. The third kappa shape index (κ3) is 3.38. The molecule has 156 valence electrons. The van der Waals surface area contributed by atoms with Crippen molar-refractivity contribution in [3.8, 4) is 0 Å². The van der Waals surface area contributed by atoms with Gasteiger partial charge in [-0.25, -0.2) is 9.78 Å². The Morgan fingerprint density at radius 2 is 2.38 bits per heavy atom. The minimum absolute atomic E-state index is 0.0740. The van der Waals surface area contributed by atoms with Gasteiger partial charge in [-0.15, -0.1) is 0 Å². The summed E-state index contributed by atoms with van der Waals surface area (Å²) in [6.45, 7) is 6.54. The molecule has 0 aliphatic carbocycles. The first kappa shape index (κ1) is 19.8. The first-order valence-electron chi connectivity index (χ1n) is 10.0. The molecular formula is C20H26N4O5. The Balaban J connectivity index is 1.59. The lowest BCUT2D eigenvalue weighted by atomic mass is 9.78. The predicted octanol–water partition coefficient (Wildman–Crippen LogP) is 0.668. The van der Waals surface area contributed by atoms with Gasteiger partial charge in [0.2, 0.25) is 5.91 Å². The number of fused-ring (bicyclic) bond motifs is 3. The van der Waals surface area contributed by atoms with Crippen molar-refractivity contribution in [1.82, 2.24) is 19.7 Å². The summed E-state index contributed by atoms with van der Waals surface area (Å²) in [4.78, 5) is 31.0. The Hall–Kier alpha value is -2.52. The van der Waals surface area contributed by atoms with Gasteiger partial charge >= 0.3 is 5.97 Å². The Morgan fingerprint density at radius 1 is 1.55 bits per heavy atom. The molecule has 2 fully saturated rings. The fourth-order valence-corrected chi connectivity index (χ4v) is 4.74. The molecule has 9 nitrogen and oxygen atoms in total. The van der Waals surface area contributed by atoms with Gasteiger partial charge in [-0.2, -0.15) is 5.10 Å². The van der Waals surface area contributed by atoms with Crippen molar-refractivity contribution in [2.24, 2.45) is 11.8 Å². The molecule has 0 radical (unpaired) electrons. The summed E-state index contributed by atoms with van der Waals surface area (Å²) in [5.74, 6) is -1.23. The summed E-state index contributed by atoms with van der Waals surface area (Å²) in [6.07, 6.45) is 5.97. The number of hydrogen-bond donors (Lipinski definition) is 1. The molecule has 0 spiro atoms. The molecule has 4 heterocycles. The lowest BCUT2D eigenvalue weighted by Gasteiger charge is -2.47. The Labute approximate surface area is 169 Å². The summed E-state index contributed by atoms with van der Waals surface area (Å²) in [5.41, 5.74) is 1.14. The van der Waals surface area contributed by atoms with Crippen molar-refractivity contribution in [2.75, 3.05) is 13.2 Å². The van der Waals surface area contributed by atoms with Gasteiger partial charge in [-0.1, -0.05) is 12.7 Å². The van der Waals surface area contributed by atoms with E-state index in [0.717, 1.165) is 31.4 Å². The number of amides is 1. The van der Waals surface area contributed by atoms with Crippen LogP contribution in [0, 0.1) is 11.8 Å². The summed E-state index contributed by atoms with van der Waals surface area (Å²) < 4.78 is 13.1. The first-order valence-corrected chi connectivity index (χ1v) is 10.0. The fraction of sp³-hybridized carbons (Fsp3) is 0.600. The third-order valence-corrected chi connectivity index (χ3v) is 5.97. The van der Waals surface area contributed by atoms with E-state index in [2.05, 4.69) is 16.7 Å². The summed E-state index contributed by atoms with van der Waals surface area (Å²) in [7, 11) is 0. The molecule has 2 saturated heterocycles. The number of esters is 1. The number of aryl methyl sites for hydroxylation is 1. The van der Waals surface area contributed by atoms with Gasteiger partial charge < -0.3 is 14.6 Å². The van der Waals surface area contributed by atoms with Crippen LogP contribution in [-0.2, 0) is 25.6 Å². The number of β-lactam (4-membered cyclic amide) rings is 1. The van der Waals surface area contributed by atoms with E-state index in [9.17, 15) is 14.7 Å². The van der Waals surface area contributed by atoms with Crippen LogP contribution in [0.25, 0.3) is 0 Å². The van der Waals surface area contributed by atoms with Gasteiger partial charge in [-0.3, -0.25) is 14.4 Å². The van der Waals surface area contributed by atoms with Crippen LogP contribution in [0.4, 0.5) is 0 Å². The Bertz CT molecular complexity index is 819. The molecule has 29 heavy (non-hydrogen) atoms. The van der Waals surface area contributed by atoms with Crippen LogP contribution in [-0.4, -0.2) is 68.1 Å². The molecule has 0 bridgehead atoms. The van der Waals surface area contributed by atoms with E-state index in [1.54, 1.807) is 17.9 Å². The van der Waals surface area contributed by atoms with E-state index in [-0.39, 0.29) is 30.6 Å². The zero-order valence-electron chi connectivity index (χ0n) is 16.4. The first-order chi connectivity index (χ1) is 14.0. The van der Waals surface area contributed by atoms with Gasteiger partial charge in [0.1, 0.15) is 31.1 Å². The minimum Gasteiger partial charge on any atom is -0.457 e. The van der Waals surface area contributed by atoms with Crippen molar-refractivity contribution < 1.29 is 24.2 Å². The zero-order chi connectivity index (χ0) is 20.5. The van der Waals surface area contributed by atoms with Crippen LogP contribution in [0.1, 0.15) is 26.2 Å². The number of rotatable bonds is 8. The van der Waals surface area contributed by atoms with Gasteiger partial charge in [0.05, 0.1) is 18.1 Å². The monoisotopic (exact) mass is 402 g/mol.